The molecule has 0 fully saturated rings. The molecule has 0 N–H and O–H groups in total. The Labute approximate surface area is 108 Å². The van der Waals surface area contributed by atoms with Gasteiger partial charge in [-0.3, -0.25) is 9.78 Å². The van der Waals surface area contributed by atoms with Crippen molar-refractivity contribution in [1.29, 1.82) is 0 Å². The molecule has 0 atom stereocenters. The molecule has 0 aliphatic rings. The Morgan fingerprint density at radius 3 is 2.74 bits per heavy atom. The van der Waals surface area contributed by atoms with Gasteiger partial charge in [0.05, 0.1) is 5.52 Å². The fraction of sp³-hybridized carbons (Fsp3) is 0.286. The smallest absolute Gasteiger partial charge is 0.294 e. The second-order valence-corrected chi connectivity index (χ2v) is 4.30. The van der Waals surface area contributed by atoms with Crippen LogP contribution in [0.3, 0.4) is 0 Å². The molecule has 1 aromatic carbocycles. The molecule has 0 unspecified atom stereocenters. The molecule has 2 aromatic rings. The van der Waals surface area contributed by atoms with E-state index >= 15 is 0 Å². The van der Waals surface area contributed by atoms with Crippen molar-refractivity contribution in [3.63, 3.8) is 0 Å². The predicted molar refractivity (Wildman–Crippen MR) is 66.0 cm³/mol. The highest BCUT2D eigenvalue weighted by Crippen LogP contribution is 2.23. The van der Waals surface area contributed by atoms with E-state index in [1.54, 1.807) is 30.5 Å². The fourth-order valence-corrected chi connectivity index (χ4v) is 1.84. The number of carbonyl (C=O) groups excluding carboxylic acids is 1. The average molecular weight is 267 g/mol. The van der Waals surface area contributed by atoms with Gasteiger partial charge in [0, 0.05) is 30.0 Å². The first kappa shape index (κ1) is 13.5. The van der Waals surface area contributed by atoms with E-state index < -0.39 is 12.6 Å². The molecule has 0 saturated carbocycles. The van der Waals surface area contributed by atoms with Crippen LogP contribution in [0.4, 0.5) is 13.2 Å². The van der Waals surface area contributed by atoms with Crippen molar-refractivity contribution in [2.45, 2.75) is 25.4 Å². The number of benzene rings is 1. The number of carbonyl (C=O) groups is 1. The molecular weight excluding hydrogens is 255 g/mol. The lowest BCUT2D eigenvalue weighted by atomic mass is 10.0. The number of alkyl halides is 3. The number of hydrogen-bond acceptors (Lipinski definition) is 2. The number of aromatic nitrogens is 1. The van der Waals surface area contributed by atoms with Gasteiger partial charge in [0.1, 0.15) is 0 Å². The molecule has 0 bridgehead atoms. The number of halogens is 3. The molecule has 0 spiro atoms. The van der Waals surface area contributed by atoms with E-state index in [2.05, 4.69) is 4.98 Å². The van der Waals surface area contributed by atoms with Crippen LogP contribution in [-0.2, 0) is 0 Å². The van der Waals surface area contributed by atoms with Gasteiger partial charge >= 0.3 is 6.18 Å². The average Bonchev–Trinajstić information content (AvgIpc) is 2.36. The first-order valence-corrected chi connectivity index (χ1v) is 5.90. The standard InChI is InChI=1S/C14H12F3NO/c15-14(16,17)7-1-4-13(19)11-5-6-12-10(9-11)3-2-8-18-12/h2-3,5-6,8-9H,1,4,7H2. The quantitative estimate of drug-likeness (QED) is 0.779. The summed E-state index contributed by atoms with van der Waals surface area (Å²) in [5.74, 6) is -0.269. The third-order valence-electron chi connectivity index (χ3n) is 2.79. The van der Waals surface area contributed by atoms with Crippen LogP contribution in [0, 0.1) is 0 Å². The summed E-state index contributed by atoms with van der Waals surface area (Å²) in [5, 5.41) is 0.809. The SMILES string of the molecule is O=C(CCCC(F)(F)F)c1ccc2ncccc2c1. The highest BCUT2D eigenvalue weighted by Gasteiger charge is 2.26. The summed E-state index contributed by atoms with van der Waals surface area (Å²) in [6.07, 6.45) is -3.74. The van der Waals surface area contributed by atoms with Crippen LogP contribution in [0.2, 0.25) is 0 Å². The zero-order valence-electron chi connectivity index (χ0n) is 10.1. The normalized spacial score (nSPS) is 11.7. The second-order valence-electron chi connectivity index (χ2n) is 4.30. The first-order chi connectivity index (χ1) is 8.96. The lowest BCUT2D eigenvalue weighted by Gasteiger charge is -2.06. The maximum atomic E-state index is 12.0. The number of fused-ring (bicyclic) bond motifs is 1. The van der Waals surface area contributed by atoms with E-state index in [-0.39, 0.29) is 18.6 Å². The lowest BCUT2D eigenvalue weighted by Crippen LogP contribution is -2.08. The maximum absolute atomic E-state index is 12.0. The molecule has 0 radical (unpaired) electrons. The number of ketones is 1. The third kappa shape index (κ3) is 3.77. The van der Waals surface area contributed by atoms with Gasteiger partial charge in [-0.25, -0.2) is 0 Å². The fourth-order valence-electron chi connectivity index (χ4n) is 1.84. The minimum atomic E-state index is -4.20. The number of nitrogens with zero attached hydrogens (tertiary/aromatic N) is 1. The van der Waals surface area contributed by atoms with Crippen LogP contribution in [0.25, 0.3) is 10.9 Å². The van der Waals surface area contributed by atoms with Crippen molar-refractivity contribution < 1.29 is 18.0 Å². The molecule has 19 heavy (non-hydrogen) atoms. The van der Waals surface area contributed by atoms with Crippen LogP contribution in [0.1, 0.15) is 29.6 Å². The highest BCUT2D eigenvalue weighted by molar-refractivity contribution is 5.99. The van der Waals surface area contributed by atoms with Gasteiger partial charge < -0.3 is 0 Å². The third-order valence-corrected chi connectivity index (χ3v) is 2.79. The van der Waals surface area contributed by atoms with E-state index in [1.807, 2.05) is 6.07 Å². The van der Waals surface area contributed by atoms with Crippen LogP contribution >= 0.6 is 0 Å². The Balaban J connectivity index is 2.05. The minimum absolute atomic E-state index is 0.0920. The molecule has 1 aromatic heterocycles. The van der Waals surface area contributed by atoms with Crippen LogP contribution in [-0.4, -0.2) is 16.9 Å². The Bertz CT molecular complexity index is 593. The van der Waals surface area contributed by atoms with E-state index in [4.69, 9.17) is 0 Å². The molecule has 0 aliphatic carbocycles. The van der Waals surface area contributed by atoms with Crippen LogP contribution < -0.4 is 0 Å². The maximum Gasteiger partial charge on any atom is 0.389 e. The van der Waals surface area contributed by atoms with Crippen LogP contribution in [0.5, 0.6) is 0 Å². The molecule has 100 valence electrons. The van der Waals surface area contributed by atoms with Crippen LogP contribution in [0.15, 0.2) is 36.5 Å². The molecule has 5 heteroatoms. The van der Waals surface area contributed by atoms with E-state index in [1.165, 1.54) is 0 Å². The summed E-state index contributed by atoms with van der Waals surface area (Å²) in [5.41, 5.74) is 1.19. The van der Waals surface area contributed by atoms with Gasteiger partial charge in [0.15, 0.2) is 5.78 Å². The Kier molecular flexibility index (Phi) is 3.83. The lowest BCUT2D eigenvalue weighted by molar-refractivity contribution is -0.135. The summed E-state index contributed by atoms with van der Waals surface area (Å²) in [6.45, 7) is 0. The second kappa shape index (κ2) is 5.38. The van der Waals surface area contributed by atoms with Crippen molar-refractivity contribution in [2.75, 3.05) is 0 Å². The number of pyridine rings is 1. The summed E-state index contributed by atoms with van der Waals surface area (Å²) in [7, 11) is 0. The minimum Gasteiger partial charge on any atom is -0.294 e. The summed E-state index contributed by atoms with van der Waals surface area (Å²) < 4.78 is 36.0. The van der Waals surface area contributed by atoms with Gasteiger partial charge in [-0.1, -0.05) is 6.07 Å². The number of rotatable bonds is 4. The number of hydrogen-bond donors (Lipinski definition) is 0. The van der Waals surface area contributed by atoms with Crippen molar-refractivity contribution in [1.82, 2.24) is 4.98 Å². The molecule has 0 aliphatic heterocycles. The summed E-state index contributed by atoms with van der Waals surface area (Å²) in [6, 6.07) is 8.53. The van der Waals surface area contributed by atoms with E-state index in [9.17, 15) is 18.0 Å². The van der Waals surface area contributed by atoms with Crippen molar-refractivity contribution >= 4 is 16.7 Å². The number of Topliss-reactive ketones (excluding diaryl/α,β-unsaturated/α-hetero) is 1. The molecule has 2 nitrogen and oxygen atoms in total. The molecule has 0 saturated heterocycles. The molecular formula is C14H12F3NO. The van der Waals surface area contributed by atoms with Gasteiger partial charge in [0.2, 0.25) is 0 Å². The van der Waals surface area contributed by atoms with Gasteiger partial charge in [0.25, 0.3) is 0 Å². The highest BCUT2D eigenvalue weighted by atomic mass is 19.4. The Morgan fingerprint density at radius 1 is 1.21 bits per heavy atom. The van der Waals surface area contributed by atoms with Crippen molar-refractivity contribution in [2.24, 2.45) is 0 Å². The zero-order valence-corrected chi connectivity index (χ0v) is 10.1. The molecule has 0 amide bonds. The monoisotopic (exact) mass is 267 g/mol. The van der Waals surface area contributed by atoms with E-state index in [0.717, 1.165) is 10.9 Å². The van der Waals surface area contributed by atoms with E-state index in [0.29, 0.717) is 5.56 Å². The Hall–Kier alpha value is -1.91. The van der Waals surface area contributed by atoms with Gasteiger partial charge in [-0.05, 0) is 30.7 Å². The largest absolute Gasteiger partial charge is 0.389 e. The Morgan fingerprint density at radius 2 is 2.00 bits per heavy atom. The zero-order chi connectivity index (χ0) is 13.9. The van der Waals surface area contributed by atoms with Gasteiger partial charge in [-0.15, -0.1) is 0 Å². The summed E-state index contributed by atoms with van der Waals surface area (Å²) >= 11 is 0. The first-order valence-electron chi connectivity index (χ1n) is 5.90. The van der Waals surface area contributed by atoms with Crippen molar-refractivity contribution in [3.05, 3.63) is 42.1 Å². The molecule has 1 heterocycles. The van der Waals surface area contributed by atoms with Gasteiger partial charge in [-0.2, -0.15) is 13.2 Å². The van der Waals surface area contributed by atoms with Crippen molar-refractivity contribution in [3.8, 4) is 0 Å². The topological polar surface area (TPSA) is 30.0 Å². The summed E-state index contributed by atoms with van der Waals surface area (Å²) in [4.78, 5) is 15.9. The molecule has 2 rings (SSSR count). The predicted octanol–water partition coefficient (Wildman–Crippen LogP) is 4.15.